The van der Waals surface area contributed by atoms with Crippen LogP contribution in [0.15, 0.2) is 48.5 Å². The number of rotatable bonds is 9. The minimum atomic E-state index is -3.80. The highest BCUT2D eigenvalue weighted by Crippen LogP contribution is 2.44. The third-order valence-corrected chi connectivity index (χ3v) is 6.80. The first-order chi connectivity index (χ1) is 16.7. The molecule has 9 heteroatoms. The van der Waals surface area contributed by atoms with Crippen molar-refractivity contribution in [2.24, 2.45) is 11.8 Å². The van der Waals surface area contributed by atoms with Gasteiger partial charge in [0.1, 0.15) is 6.61 Å². The van der Waals surface area contributed by atoms with Crippen LogP contribution >= 0.6 is 0 Å². The number of amides is 2. The van der Waals surface area contributed by atoms with Crippen LogP contribution in [0.2, 0.25) is 0 Å². The molecule has 0 radical (unpaired) electrons. The lowest BCUT2D eigenvalue weighted by Gasteiger charge is -2.19. The number of carbonyl (C=O) groups is 3. The van der Waals surface area contributed by atoms with Crippen LogP contribution in [-0.2, 0) is 14.3 Å². The SMILES string of the molecule is O=C(O)CC1CCC(CNC(=O)C(F)(F)CNC(=O)OCC2c3ccccc3-c3ccccc32)C1. The Hall–Kier alpha value is -3.49. The van der Waals surface area contributed by atoms with Gasteiger partial charge in [-0.05, 0) is 53.4 Å². The summed E-state index contributed by atoms with van der Waals surface area (Å²) in [5, 5.41) is 13.1. The molecular formula is C26H28F2N2O5. The first-order valence-corrected chi connectivity index (χ1v) is 11.7. The van der Waals surface area contributed by atoms with Crippen LogP contribution in [0.3, 0.4) is 0 Å². The van der Waals surface area contributed by atoms with E-state index < -0.39 is 30.4 Å². The highest BCUT2D eigenvalue weighted by atomic mass is 19.3. The molecule has 0 bridgehead atoms. The second-order valence-electron chi connectivity index (χ2n) is 9.24. The normalized spacial score (nSPS) is 19.0. The maximum absolute atomic E-state index is 14.3. The molecule has 2 aromatic carbocycles. The second-order valence-corrected chi connectivity index (χ2v) is 9.24. The van der Waals surface area contributed by atoms with E-state index in [1.54, 1.807) is 0 Å². The van der Waals surface area contributed by atoms with E-state index in [0.717, 1.165) is 22.3 Å². The van der Waals surface area contributed by atoms with E-state index in [1.807, 2.05) is 53.8 Å². The second kappa shape index (κ2) is 10.4. The van der Waals surface area contributed by atoms with Crippen molar-refractivity contribution in [1.29, 1.82) is 0 Å². The first-order valence-electron chi connectivity index (χ1n) is 11.7. The molecule has 3 N–H and O–H groups in total. The Bertz CT molecular complexity index is 1060. The monoisotopic (exact) mass is 486 g/mol. The van der Waals surface area contributed by atoms with Crippen molar-refractivity contribution in [2.45, 2.75) is 37.5 Å². The zero-order valence-corrected chi connectivity index (χ0v) is 19.1. The van der Waals surface area contributed by atoms with Crippen molar-refractivity contribution >= 4 is 18.0 Å². The van der Waals surface area contributed by atoms with Gasteiger partial charge in [0, 0.05) is 18.9 Å². The zero-order valence-electron chi connectivity index (χ0n) is 19.1. The third kappa shape index (κ3) is 5.78. The zero-order chi connectivity index (χ0) is 25.0. The van der Waals surface area contributed by atoms with Crippen molar-refractivity contribution in [1.82, 2.24) is 10.6 Å². The van der Waals surface area contributed by atoms with E-state index in [0.29, 0.717) is 19.3 Å². The van der Waals surface area contributed by atoms with Crippen LogP contribution in [0.5, 0.6) is 0 Å². The molecule has 2 aliphatic rings. The molecule has 7 nitrogen and oxygen atoms in total. The van der Waals surface area contributed by atoms with Gasteiger partial charge in [-0.2, -0.15) is 8.78 Å². The lowest BCUT2D eigenvalue weighted by molar-refractivity contribution is -0.145. The Morgan fingerprint density at radius 3 is 2.17 bits per heavy atom. The number of alkyl halides is 2. The minimum absolute atomic E-state index is 0.00477. The number of ether oxygens (including phenoxy) is 1. The molecule has 2 aliphatic carbocycles. The molecule has 35 heavy (non-hydrogen) atoms. The highest BCUT2D eigenvalue weighted by Gasteiger charge is 2.40. The quantitative estimate of drug-likeness (QED) is 0.494. The van der Waals surface area contributed by atoms with Crippen LogP contribution in [0.1, 0.15) is 42.7 Å². The topological polar surface area (TPSA) is 105 Å². The van der Waals surface area contributed by atoms with Crippen LogP contribution in [0, 0.1) is 11.8 Å². The number of alkyl carbamates (subject to hydrolysis) is 1. The van der Waals surface area contributed by atoms with Crippen LogP contribution < -0.4 is 10.6 Å². The number of hydrogen-bond acceptors (Lipinski definition) is 4. The number of hydrogen-bond donors (Lipinski definition) is 3. The van der Waals surface area contributed by atoms with Gasteiger partial charge < -0.3 is 20.5 Å². The minimum Gasteiger partial charge on any atom is -0.481 e. The third-order valence-electron chi connectivity index (χ3n) is 6.80. The number of carboxylic acid groups (broad SMARTS) is 1. The van der Waals surface area contributed by atoms with Crippen LogP contribution in [-0.4, -0.2) is 48.7 Å². The van der Waals surface area contributed by atoms with E-state index >= 15 is 0 Å². The number of aliphatic carboxylic acids is 1. The molecule has 186 valence electrons. The number of fused-ring (bicyclic) bond motifs is 3. The van der Waals surface area contributed by atoms with Crippen LogP contribution in [0.25, 0.3) is 11.1 Å². The Morgan fingerprint density at radius 1 is 0.943 bits per heavy atom. The average molecular weight is 487 g/mol. The fourth-order valence-corrected chi connectivity index (χ4v) is 5.08. The fourth-order valence-electron chi connectivity index (χ4n) is 5.08. The number of benzene rings is 2. The number of carboxylic acids is 1. The molecule has 0 saturated heterocycles. The summed E-state index contributed by atoms with van der Waals surface area (Å²) in [6.07, 6.45) is 0.987. The average Bonchev–Trinajstić information content (AvgIpc) is 3.41. The first kappa shape index (κ1) is 24.6. The van der Waals surface area contributed by atoms with Gasteiger partial charge in [0.25, 0.3) is 5.91 Å². The standard InChI is InChI=1S/C26H28F2N2O5/c27-26(28,24(33)29-13-17-10-9-16(11-17)12-23(31)32)15-30-25(34)35-14-22-20-7-3-1-5-18(20)19-6-2-4-8-21(19)22/h1-8,16-17,22H,9-15H2,(H,29,33)(H,30,34)(H,31,32). The van der Waals surface area contributed by atoms with Gasteiger partial charge in [0.2, 0.25) is 0 Å². The molecule has 1 fully saturated rings. The predicted octanol–water partition coefficient (Wildman–Crippen LogP) is 4.17. The number of carbonyl (C=O) groups excluding carboxylic acids is 2. The van der Waals surface area contributed by atoms with Gasteiger partial charge >= 0.3 is 18.0 Å². The molecule has 2 aromatic rings. The maximum atomic E-state index is 14.3. The Kier molecular flexibility index (Phi) is 7.33. The fraction of sp³-hybridized carbons (Fsp3) is 0.423. The van der Waals surface area contributed by atoms with E-state index in [4.69, 9.17) is 9.84 Å². The lowest BCUT2D eigenvalue weighted by Crippen LogP contribution is -2.49. The summed E-state index contributed by atoms with van der Waals surface area (Å²) in [7, 11) is 0. The summed E-state index contributed by atoms with van der Waals surface area (Å²) in [6, 6.07) is 15.5. The molecular weight excluding hydrogens is 458 g/mol. The van der Waals surface area contributed by atoms with Crippen molar-refractivity contribution in [3.05, 3.63) is 59.7 Å². The van der Waals surface area contributed by atoms with Gasteiger partial charge in [-0.25, -0.2) is 4.79 Å². The van der Waals surface area contributed by atoms with Gasteiger partial charge in [-0.15, -0.1) is 0 Å². The Labute approximate surface area is 201 Å². The maximum Gasteiger partial charge on any atom is 0.407 e. The molecule has 0 aromatic heterocycles. The van der Waals surface area contributed by atoms with E-state index in [2.05, 4.69) is 5.32 Å². The number of nitrogens with one attached hydrogen (secondary N) is 2. The van der Waals surface area contributed by atoms with Gasteiger partial charge in [0.15, 0.2) is 0 Å². The summed E-state index contributed by atoms with van der Waals surface area (Å²) in [5.74, 6) is -6.39. The molecule has 4 rings (SSSR count). The van der Waals surface area contributed by atoms with Crippen molar-refractivity contribution in [3.8, 4) is 11.1 Å². The van der Waals surface area contributed by atoms with Crippen molar-refractivity contribution < 1.29 is 33.0 Å². The summed E-state index contributed by atoms with van der Waals surface area (Å²) in [4.78, 5) is 34.9. The van der Waals surface area contributed by atoms with Crippen molar-refractivity contribution in [3.63, 3.8) is 0 Å². The van der Waals surface area contributed by atoms with Crippen LogP contribution in [0.4, 0.5) is 13.6 Å². The highest BCUT2D eigenvalue weighted by molar-refractivity contribution is 5.84. The van der Waals surface area contributed by atoms with Gasteiger partial charge in [0.05, 0.1) is 6.54 Å². The molecule has 0 aliphatic heterocycles. The van der Waals surface area contributed by atoms with E-state index in [-0.39, 0.29) is 37.3 Å². The molecule has 2 atom stereocenters. The van der Waals surface area contributed by atoms with E-state index in [9.17, 15) is 23.2 Å². The summed E-state index contributed by atoms with van der Waals surface area (Å²) >= 11 is 0. The number of halogens is 2. The Morgan fingerprint density at radius 2 is 1.54 bits per heavy atom. The van der Waals surface area contributed by atoms with Crippen molar-refractivity contribution in [2.75, 3.05) is 19.7 Å². The molecule has 1 saturated carbocycles. The predicted molar refractivity (Wildman–Crippen MR) is 124 cm³/mol. The van der Waals surface area contributed by atoms with Gasteiger partial charge in [-0.1, -0.05) is 48.5 Å². The summed E-state index contributed by atoms with van der Waals surface area (Å²) < 4.78 is 33.8. The van der Waals surface area contributed by atoms with E-state index in [1.165, 1.54) is 0 Å². The summed E-state index contributed by atoms with van der Waals surface area (Å²) in [5.41, 5.74) is 4.11. The molecule has 2 amide bonds. The lowest BCUT2D eigenvalue weighted by atomic mass is 9.98. The molecule has 0 spiro atoms. The molecule has 2 unspecified atom stereocenters. The largest absolute Gasteiger partial charge is 0.481 e. The molecule has 0 heterocycles. The Balaban J connectivity index is 1.23. The summed E-state index contributed by atoms with van der Waals surface area (Å²) in [6.45, 7) is -1.14. The van der Waals surface area contributed by atoms with Gasteiger partial charge in [-0.3, -0.25) is 9.59 Å². The smallest absolute Gasteiger partial charge is 0.407 e.